The predicted octanol–water partition coefficient (Wildman–Crippen LogP) is 3.25. The van der Waals surface area contributed by atoms with Gasteiger partial charge in [0.05, 0.1) is 3.79 Å². The summed E-state index contributed by atoms with van der Waals surface area (Å²) in [6.07, 6.45) is 0. The first-order chi connectivity index (χ1) is 9.29. The molecule has 3 N–H and O–H groups in total. The Balaban J connectivity index is 2.33. The molecule has 0 radical (unpaired) electrons. The third-order valence-corrected chi connectivity index (χ3v) is 6.73. The zero-order valence-electron chi connectivity index (χ0n) is 10.4. The van der Waals surface area contributed by atoms with Crippen LogP contribution in [0.5, 0.6) is 0 Å². The zero-order chi connectivity index (χ0) is 14.9. The Labute approximate surface area is 135 Å². The number of sulfonamides is 1. The van der Waals surface area contributed by atoms with Crippen molar-refractivity contribution in [1.82, 2.24) is 0 Å². The highest BCUT2D eigenvalue weighted by atomic mass is 79.9. The first-order valence-electron chi connectivity index (χ1n) is 5.48. The van der Waals surface area contributed by atoms with Crippen molar-refractivity contribution in [3.8, 4) is 0 Å². The molecule has 1 aromatic carbocycles. The molecular weight excluding hydrogens is 380 g/mol. The summed E-state index contributed by atoms with van der Waals surface area (Å²) in [6, 6.07) is 8.30. The lowest BCUT2D eigenvalue weighted by atomic mass is 10.2. The fraction of sp³-hybridized carbons (Fsp3) is 0.0833. The number of rotatable bonds is 4. The summed E-state index contributed by atoms with van der Waals surface area (Å²) >= 11 is 9.36. The molecule has 0 saturated carbocycles. The van der Waals surface area contributed by atoms with Gasteiger partial charge in [0.1, 0.15) is 9.20 Å². The van der Waals surface area contributed by atoms with Gasteiger partial charge in [-0.3, -0.25) is 4.72 Å². The smallest absolute Gasteiger partial charge is 0.271 e. The number of aryl methyl sites for hydroxylation is 1. The van der Waals surface area contributed by atoms with Crippen molar-refractivity contribution in [2.45, 2.75) is 11.1 Å². The van der Waals surface area contributed by atoms with Gasteiger partial charge in [0, 0.05) is 11.3 Å². The fourth-order valence-electron chi connectivity index (χ4n) is 1.51. The van der Waals surface area contributed by atoms with Gasteiger partial charge in [0.2, 0.25) is 0 Å². The van der Waals surface area contributed by atoms with Gasteiger partial charge in [-0.2, -0.15) is 0 Å². The number of nitrogens with one attached hydrogen (secondary N) is 1. The van der Waals surface area contributed by atoms with Gasteiger partial charge < -0.3 is 5.73 Å². The second kappa shape index (κ2) is 5.80. The molecule has 0 aliphatic carbocycles. The molecule has 0 bridgehead atoms. The number of halogens is 1. The highest BCUT2D eigenvalue weighted by molar-refractivity contribution is 9.11. The average molecular weight is 391 g/mol. The Morgan fingerprint density at radius 2 is 2.10 bits per heavy atom. The maximum absolute atomic E-state index is 12.3. The minimum absolute atomic E-state index is 0.223. The molecule has 20 heavy (non-hydrogen) atoms. The molecule has 0 amide bonds. The monoisotopic (exact) mass is 390 g/mol. The number of nitrogens with two attached hydrogens (primary N) is 1. The summed E-state index contributed by atoms with van der Waals surface area (Å²) in [7, 11) is -3.60. The Morgan fingerprint density at radius 3 is 2.65 bits per heavy atom. The maximum Gasteiger partial charge on any atom is 0.271 e. The normalized spacial score (nSPS) is 11.3. The Morgan fingerprint density at radius 1 is 1.40 bits per heavy atom. The summed E-state index contributed by atoms with van der Waals surface area (Å²) in [6.45, 7) is 1.84. The van der Waals surface area contributed by atoms with Crippen LogP contribution in [-0.2, 0) is 10.0 Å². The summed E-state index contributed by atoms with van der Waals surface area (Å²) in [4.78, 5) is 0.223. The molecule has 4 nitrogen and oxygen atoms in total. The highest BCUT2D eigenvalue weighted by Gasteiger charge is 2.18. The highest BCUT2D eigenvalue weighted by Crippen LogP contribution is 2.31. The van der Waals surface area contributed by atoms with E-state index in [-0.39, 0.29) is 9.20 Å². The topological polar surface area (TPSA) is 72.2 Å². The van der Waals surface area contributed by atoms with E-state index >= 15 is 0 Å². The molecule has 2 aromatic rings. The molecule has 0 atom stereocenters. The van der Waals surface area contributed by atoms with Crippen molar-refractivity contribution in [2.75, 3.05) is 4.72 Å². The number of thiocarbonyl (C=S) groups is 1. The van der Waals surface area contributed by atoms with Crippen LogP contribution in [0.3, 0.4) is 0 Å². The summed E-state index contributed by atoms with van der Waals surface area (Å²) in [5.74, 6) is 0. The van der Waals surface area contributed by atoms with Crippen molar-refractivity contribution >= 4 is 60.2 Å². The lowest BCUT2D eigenvalue weighted by Crippen LogP contribution is -2.13. The van der Waals surface area contributed by atoms with Gasteiger partial charge >= 0.3 is 0 Å². The molecule has 1 heterocycles. The minimum atomic E-state index is -3.60. The Bertz CT molecular complexity index is 749. The number of benzene rings is 1. The molecule has 0 spiro atoms. The van der Waals surface area contributed by atoms with Crippen molar-refractivity contribution in [2.24, 2.45) is 5.73 Å². The fourth-order valence-corrected chi connectivity index (χ4v) is 4.91. The van der Waals surface area contributed by atoms with Crippen LogP contribution >= 0.6 is 39.5 Å². The van der Waals surface area contributed by atoms with E-state index in [1.165, 1.54) is 11.3 Å². The Kier molecular flexibility index (Phi) is 4.48. The third-order valence-electron chi connectivity index (χ3n) is 2.50. The summed E-state index contributed by atoms with van der Waals surface area (Å²) in [5, 5.41) is 0. The molecule has 0 aliphatic rings. The first-order valence-corrected chi connectivity index (χ1v) is 8.98. The molecule has 0 fully saturated rings. The van der Waals surface area contributed by atoms with Crippen LogP contribution < -0.4 is 10.5 Å². The second-order valence-corrected chi connectivity index (χ2v) is 8.79. The van der Waals surface area contributed by atoms with E-state index in [0.717, 1.165) is 9.35 Å². The van der Waals surface area contributed by atoms with Gasteiger partial charge in [-0.25, -0.2) is 8.42 Å². The lowest BCUT2D eigenvalue weighted by Gasteiger charge is -2.07. The van der Waals surface area contributed by atoms with Gasteiger partial charge in [0.15, 0.2) is 0 Å². The zero-order valence-corrected chi connectivity index (χ0v) is 14.4. The predicted molar refractivity (Wildman–Crippen MR) is 89.9 cm³/mol. The quantitative estimate of drug-likeness (QED) is 0.785. The molecular formula is C12H11BrN2O2S3. The molecule has 2 rings (SSSR count). The molecule has 8 heteroatoms. The third kappa shape index (κ3) is 3.38. The van der Waals surface area contributed by atoms with Crippen LogP contribution in [-0.4, -0.2) is 13.4 Å². The van der Waals surface area contributed by atoms with Crippen molar-refractivity contribution < 1.29 is 8.42 Å². The second-order valence-electron chi connectivity index (χ2n) is 4.07. The van der Waals surface area contributed by atoms with Crippen LogP contribution in [0.2, 0.25) is 0 Å². The van der Waals surface area contributed by atoms with E-state index in [4.69, 9.17) is 18.0 Å². The standard InChI is InChI=1S/C12H11BrN2O2S3/c1-7-5-10(19-11(7)13)20(16,17)15-9-4-2-3-8(6-9)12(14)18/h2-6,15H,1H3,(H2,14,18). The molecule has 1 aromatic heterocycles. The minimum Gasteiger partial charge on any atom is -0.389 e. The maximum atomic E-state index is 12.3. The van der Waals surface area contributed by atoms with Crippen LogP contribution in [0.4, 0.5) is 5.69 Å². The molecule has 0 unspecified atom stereocenters. The number of thiophene rings is 1. The van der Waals surface area contributed by atoms with Gasteiger partial charge in [0.25, 0.3) is 10.0 Å². The van der Waals surface area contributed by atoms with E-state index < -0.39 is 10.0 Å². The van der Waals surface area contributed by atoms with Crippen molar-refractivity contribution in [3.05, 3.63) is 45.2 Å². The van der Waals surface area contributed by atoms with E-state index in [2.05, 4.69) is 20.7 Å². The molecule has 0 aliphatic heterocycles. The summed E-state index contributed by atoms with van der Waals surface area (Å²) in [5.41, 5.74) is 7.46. The molecule has 0 saturated heterocycles. The van der Waals surface area contributed by atoms with E-state index in [0.29, 0.717) is 11.3 Å². The SMILES string of the molecule is Cc1cc(S(=O)(=O)Nc2cccc(C(N)=S)c2)sc1Br. The van der Waals surface area contributed by atoms with Crippen molar-refractivity contribution in [3.63, 3.8) is 0 Å². The van der Waals surface area contributed by atoms with Crippen LogP contribution in [0.15, 0.2) is 38.3 Å². The average Bonchev–Trinajstić information content (AvgIpc) is 2.70. The van der Waals surface area contributed by atoms with Gasteiger partial charge in [-0.15, -0.1) is 11.3 Å². The Hall–Kier alpha value is -0.960. The van der Waals surface area contributed by atoms with Gasteiger partial charge in [-0.05, 0) is 46.6 Å². The van der Waals surface area contributed by atoms with Crippen LogP contribution in [0.25, 0.3) is 0 Å². The van der Waals surface area contributed by atoms with Gasteiger partial charge in [-0.1, -0.05) is 24.4 Å². The number of hydrogen-bond acceptors (Lipinski definition) is 4. The van der Waals surface area contributed by atoms with Crippen LogP contribution in [0, 0.1) is 6.92 Å². The van der Waals surface area contributed by atoms with Crippen LogP contribution in [0.1, 0.15) is 11.1 Å². The van der Waals surface area contributed by atoms with E-state index in [1.54, 1.807) is 30.3 Å². The van der Waals surface area contributed by atoms with E-state index in [9.17, 15) is 8.42 Å². The first kappa shape index (κ1) is 15.4. The van der Waals surface area contributed by atoms with Crippen molar-refractivity contribution in [1.29, 1.82) is 0 Å². The number of anilines is 1. The number of hydrogen-bond donors (Lipinski definition) is 2. The molecule has 106 valence electrons. The lowest BCUT2D eigenvalue weighted by molar-refractivity contribution is 0.603. The largest absolute Gasteiger partial charge is 0.389 e. The summed E-state index contributed by atoms with van der Waals surface area (Å²) < 4.78 is 28.1. The van der Waals surface area contributed by atoms with E-state index in [1.807, 2.05) is 6.92 Å².